The molecule has 0 bridgehead atoms. The van der Waals surface area contributed by atoms with E-state index in [4.69, 9.17) is 9.47 Å². The van der Waals surface area contributed by atoms with Gasteiger partial charge in [0.1, 0.15) is 5.75 Å². The summed E-state index contributed by atoms with van der Waals surface area (Å²) < 4.78 is 11.5. The normalized spacial score (nSPS) is 29.9. The Hall–Kier alpha value is -2.44. The summed E-state index contributed by atoms with van der Waals surface area (Å²) in [5, 5.41) is 40.1. The van der Waals surface area contributed by atoms with Crippen LogP contribution in [0.15, 0.2) is 36.4 Å². The van der Waals surface area contributed by atoms with Gasteiger partial charge in [0.15, 0.2) is 11.5 Å². The van der Waals surface area contributed by atoms with Gasteiger partial charge in [-0.15, -0.1) is 0 Å². The third kappa shape index (κ3) is 3.50. The van der Waals surface area contributed by atoms with Gasteiger partial charge in [-0.2, -0.15) is 0 Å². The van der Waals surface area contributed by atoms with Crippen molar-refractivity contribution in [2.45, 2.75) is 49.9 Å². The molecule has 5 unspecified atom stereocenters. The molecule has 5 atom stereocenters. The first-order valence-electron chi connectivity index (χ1n) is 9.68. The number of phenolic OH excluding ortho intramolecular Hbond substituents is 3. The van der Waals surface area contributed by atoms with E-state index in [9.17, 15) is 20.4 Å². The van der Waals surface area contributed by atoms with Crippen molar-refractivity contribution < 1.29 is 29.9 Å². The van der Waals surface area contributed by atoms with Crippen molar-refractivity contribution in [3.8, 4) is 23.0 Å². The lowest BCUT2D eigenvalue weighted by Gasteiger charge is -2.45. The number of benzene rings is 2. The van der Waals surface area contributed by atoms with Gasteiger partial charge in [-0.3, -0.25) is 0 Å². The lowest BCUT2D eigenvalue weighted by atomic mass is 9.72. The molecule has 1 aliphatic heterocycles. The third-order valence-corrected chi connectivity index (χ3v) is 6.17. The molecule has 2 aromatic rings. The van der Waals surface area contributed by atoms with Gasteiger partial charge in [-0.05, 0) is 60.6 Å². The topological polar surface area (TPSA) is 99.4 Å². The first-order chi connectivity index (χ1) is 13.5. The van der Waals surface area contributed by atoms with Crippen LogP contribution in [0.25, 0.3) is 0 Å². The molecule has 28 heavy (non-hydrogen) atoms. The molecule has 0 spiro atoms. The fraction of sp³-hybridized carbons (Fsp3) is 0.455. The molecule has 1 aliphatic carbocycles. The van der Waals surface area contributed by atoms with Crippen LogP contribution in [0.2, 0.25) is 0 Å². The number of hydrogen-bond donors (Lipinski definition) is 4. The molecule has 1 saturated heterocycles. The van der Waals surface area contributed by atoms with Crippen molar-refractivity contribution in [2.75, 3.05) is 7.11 Å². The number of methoxy groups -OCH3 is 1. The standard InChI is InChI=1S/C22H26O6/c1-27-21-10-14(8-18(25)22(21)26)19-11-17(24)16-7-4-13(9-20(16)28-19)12-2-5-15(23)6-3-12/h2-3,5-6,8,10,13,16-17,19-20,23-26H,4,7,9,11H2,1H3. The highest BCUT2D eigenvalue weighted by atomic mass is 16.5. The Morgan fingerprint density at radius 2 is 1.71 bits per heavy atom. The van der Waals surface area contributed by atoms with Gasteiger partial charge in [-0.25, -0.2) is 0 Å². The minimum atomic E-state index is -0.480. The largest absolute Gasteiger partial charge is 0.508 e. The van der Waals surface area contributed by atoms with Crippen LogP contribution in [0, 0.1) is 5.92 Å². The van der Waals surface area contributed by atoms with E-state index in [1.54, 1.807) is 18.2 Å². The van der Waals surface area contributed by atoms with E-state index in [1.165, 1.54) is 18.7 Å². The molecule has 1 heterocycles. The molecule has 6 heteroatoms. The van der Waals surface area contributed by atoms with Crippen LogP contribution in [0.1, 0.15) is 48.8 Å². The van der Waals surface area contributed by atoms with E-state index in [2.05, 4.69) is 0 Å². The summed E-state index contributed by atoms with van der Waals surface area (Å²) in [6.07, 6.45) is 2.15. The second kappa shape index (κ2) is 7.53. The van der Waals surface area contributed by atoms with Crippen molar-refractivity contribution in [1.29, 1.82) is 0 Å². The van der Waals surface area contributed by atoms with Gasteiger partial charge in [0.2, 0.25) is 5.75 Å². The molecule has 6 nitrogen and oxygen atoms in total. The minimum absolute atomic E-state index is 0.0942. The summed E-state index contributed by atoms with van der Waals surface area (Å²) in [5.74, 6) is 0.280. The average Bonchev–Trinajstić information content (AvgIpc) is 2.70. The number of hydrogen-bond acceptors (Lipinski definition) is 6. The Labute approximate surface area is 164 Å². The Morgan fingerprint density at radius 3 is 2.43 bits per heavy atom. The fourth-order valence-electron chi connectivity index (χ4n) is 4.63. The summed E-state index contributed by atoms with van der Waals surface area (Å²) in [6.45, 7) is 0. The van der Waals surface area contributed by atoms with E-state index in [-0.39, 0.29) is 41.1 Å². The molecule has 2 aliphatic rings. The predicted octanol–water partition coefficient (Wildman–Crippen LogP) is 3.59. The van der Waals surface area contributed by atoms with Gasteiger partial charge in [0.05, 0.1) is 25.4 Å². The van der Waals surface area contributed by atoms with Crippen LogP contribution >= 0.6 is 0 Å². The molecule has 0 aromatic heterocycles. The summed E-state index contributed by atoms with van der Waals surface area (Å²) in [6, 6.07) is 10.4. The third-order valence-electron chi connectivity index (χ3n) is 6.17. The predicted molar refractivity (Wildman–Crippen MR) is 103 cm³/mol. The Balaban J connectivity index is 1.55. The van der Waals surface area contributed by atoms with Crippen molar-refractivity contribution in [3.05, 3.63) is 47.5 Å². The zero-order chi connectivity index (χ0) is 19.8. The molecular weight excluding hydrogens is 360 g/mol. The fourth-order valence-corrected chi connectivity index (χ4v) is 4.63. The molecule has 0 radical (unpaired) electrons. The minimum Gasteiger partial charge on any atom is -0.508 e. The maximum absolute atomic E-state index is 10.7. The first kappa shape index (κ1) is 18.9. The highest BCUT2D eigenvalue weighted by Gasteiger charge is 2.42. The van der Waals surface area contributed by atoms with Crippen molar-refractivity contribution in [2.24, 2.45) is 5.92 Å². The van der Waals surface area contributed by atoms with Crippen LogP contribution < -0.4 is 4.74 Å². The van der Waals surface area contributed by atoms with Crippen molar-refractivity contribution >= 4 is 0 Å². The van der Waals surface area contributed by atoms with Crippen LogP contribution in [0.5, 0.6) is 23.0 Å². The number of fused-ring (bicyclic) bond motifs is 1. The van der Waals surface area contributed by atoms with Crippen molar-refractivity contribution in [3.63, 3.8) is 0 Å². The number of aliphatic hydroxyl groups excluding tert-OH is 1. The van der Waals surface area contributed by atoms with E-state index in [1.807, 2.05) is 12.1 Å². The van der Waals surface area contributed by atoms with Crippen molar-refractivity contribution in [1.82, 2.24) is 0 Å². The van der Waals surface area contributed by atoms with Gasteiger partial charge >= 0.3 is 0 Å². The van der Waals surface area contributed by atoms with Gasteiger partial charge in [0.25, 0.3) is 0 Å². The number of aliphatic hydroxyl groups is 1. The summed E-state index contributed by atoms with van der Waals surface area (Å²) in [7, 11) is 1.42. The average molecular weight is 386 g/mol. The first-order valence-corrected chi connectivity index (χ1v) is 9.68. The molecule has 2 aromatic carbocycles. The van der Waals surface area contributed by atoms with E-state index >= 15 is 0 Å². The molecular formula is C22H26O6. The summed E-state index contributed by atoms with van der Waals surface area (Å²) in [5.41, 5.74) is 1.84. The Kier molecular flexibility index (Phi) is 5.08. The maximum Gasteiger partial charge on any atom is 0.200 e. The van der Waals surface area contributed by atoms with Gasteiger partial charge < -0.3 is 29.9 Å². The quantitative estimate of drug-likeness (QED) is 0.602. The molecule has 1 saturated carbocycles. The highest BCUT2D eigenvalue weighted by molar-refractivity contribution is 5.52. The molecule has 4 N–H and O–H groups in total. The lowest BCUT2D eigenvalue weighted by Crippen LogP contribution is -2.44. The van der Waals surface area contributed by atoms with Crippen LogP contribution in [0.3, 0.4) is 0 Å². The smallest absolute Gasteiger partial charge is 0.200 e. The monoisotopic (exact) mass is 386 g/mol. The van der Waals surface area contributed by atoms with Crippen LogP contribution in [-0.2, 0) is 4.74 Å². The van der Waals surface area contributed by atoms with E-state index in [0.717, 1.165) is 19.3 Å². The second-order valence-corrected chi connectivity index (χ2v) is 7.82. The summed E-state index contributed by atoms with van der Waals surface area (Å²) in [4.78, 5) is 0. The van der Waals surface area contributed by atoms with Crippen LogP contribution in [-0.4, -0.2) is 39.7 Å². The second-order valence-electron chi connectivity index (χ2n) is 7.82. The number of aromatic hydroxyl groups is 3. The van der Waals surface area contributed by atoms with E-state index < -0.39 is 6.10 Å². The number of ether oxygens (including phenoxy) is 2. The Bertz CT molecular complexity index is 834. The molecule has 150 valence electrons. The van der Waals surface area contributed by atoms with Crippen LogP contribution in [0.4, 0.5) is 0 Å². The zero-order valence-electron chi connectivity index (χ0n) is 15.8. The SMILES string of the molecule is COc1cc(C2CC(O)C3CCC(c4ccc(O)cc4)CC3O2)cc(O)c1O. The van der Waals surface area contributed by atoms with E-state index in [0.29, 0.717) is 17.9 Å². The lowest BCUT2D eigenvalue weighted by molar-refractivity contribution is -0.154. The summed E-state index contributed by atoms with van der Waals surface area (Å²) >= 11 is 0. The molecule has 0 amide bonds. The Morgan fingerprint density at radius 1 is 0.964 bits per heavy atom. The van der Waals surface area contributed by atoms with Gasteiger partial charge in [0, 0.05) is 12.3 Å². The molecule has 4 rings (SSSR count). The zero-order valence-corrected chi connectivity index (χ0v) is 15.8. The number of phenols is 3. The maximum atomic E-state index is 10.7. The number of rotatable bonds is 3. The molecule has 2 fully saturated rings. The van der Waals surface area contributed by atoms with Gasteiger partial charge in [-0.1, -0.05) is 12.1 Å². The highest BCUT2D eigenvalue weighted by Crippen LogP contribution is 2.47.